The van der Waals surface area contributed by atoms with Gasteiger partial charge in [-0.15, -0.1) is 0 Å². The van der Waals surface area contributed by atoms with Crippen LogP contribution in [0.2, 0.25) is 0 Å². The van der Waals surface area contributed by atoms with Crippen LogP contribution in [-0.2, 0) is 0 Å². The Morgan fingerprint density at radius 1 is 1.50 bits per heavy atom. The normalized spacial score (nSPS) is 10.0. The molecule has 66 valence electrons. The average Bonchev–Trinajstić information content (AvgIpc) is 2.09. The first-order valence-corrected chi connectivity index (χ1v) is 4.10. The lowest BCUT2D eigenvalue weighted by molar-refractivity contribution is 0.302. The lowest BCUT2D eigenvalue weighted by atomic mass is 10.1. The van der Waals surface area contributed by atoms with Crippen LogP contribution in [0.5, 0.6) is 0 Å². The number of hydrogen-bond acceptors (Lipinski definition) is 2. The number of allylic oxidation sites excluding steroid dienone is 2. The van der Waals surface area contributed by atoms with Gasteiger partial charge in [-0.25, -0.2) is 0 Å². The Morgan fingerprint density at radius 2 is 2.25 bits per heavy atom. The van der Waals surface area contributed by atoms with Crippen molar-refractivity contribution in [2.24, 2.45) is 0 Å². The monoisotopic (exact) mass is 165 g/mol. The van der Waals surface area contributed by atoms with E-state index < -0.39 is 0 Å². The summed E-state index contributed by atoms with van der Waals surface area (Å²) in [5, 5.41) is 16.7. The predicted octanol–water partition coefficient (Wildman–Crippen LogP) is 2.18. The topological polar surface area (TPSA) is 44.0 Å². The minimum atomic E-state index is 0.196. The molecule has 2 heteroatoms. The highest BCUT2D eigenvalue weighted by atomic mass is 16.2. The highest BCUT2D eigenvalue weighted by Crippen LogP contribution is 2.07. The Kier molecular flexibility index (Phi) is 7.31. The van der Waals surface area contributed by atoms with E-state index in [9.17, 15) is 0 Å². The van der Waals surface area contributed by atoms with E-state index in [1.165, 1.54) is 0 Å². The van der Waals surface area contributed by atoms with Crippen LogP contribution in [0.3, 0.4) is 0 Å². The summed E-state index contributed by atoms with van der Waals surface area (Å²) >= 11 is 0. The summed E-state index contributed by atoms with van der Waals surface area (Å²) in [7, 11) is 0. The molecule has 0 aliphatic carbocycles. The van der Waals surface area contributed by atoms with Crippen LogP contribution in [0.15, 0.2) is 24.3 Å². The molecule has 0 amide bonds. The fraction of sp³-hybridized carbons (Fsp3) is 0.500. The maximum absolute atomic E-state index is 8.46. The Balaban J connectivity index is 3.38. The molecule has 0 aliphatic rings. The smallest absolute Gasteiger partial charge is 0.0625 e. The molecule has 0 spiro atoms. The molecule has 0 rings (SSSR count). The first-order valence-electron chi connectivity index (χ1n) is 4.10. The molecule has 0 fully saturated rings. The third-order valence-corrected chi connectivity index (χ3v) is 1.46. The SMILES string of the molecule is C=C(C/C=C/CCO)CCC#N. The van der Waals surface area contributed by atoms with E-state index in [0.29, 0.717) is 12.8 Å². The fourth-order valence-corrected chi connectivity index (χ4v) is 0.777. The van der Waals surface area contributed by atoms with Crippen molar-refractivity contribution in [2.45, 2.75) is 25.7 Å². The van der Waals surface area contributed by atoms with Gasteiger partial charge in [0.15, 0.2) is 0 Å². The Hall–Kier alpha value is -1.07. The van der Waals surface area contributed by atoms with Crippen molar-refractivity contribution < 1.29 is 5.11 Å². The van der Waals surface area contributed by atoms with E-state index in [1.807, 2.05) is 12.2 Å². The molecule has 0 heterocycles. The van der Waals surface area contributed by atoms with Crippen LogP contribution in [-0.4, -0.2) is 11.7 Å². The number of aliphatic hydroxyl groups excluding tert-OH is 1. The molecule has 2 nitrogen and oxygen atoms in total. The number of aliphatic hydroxyl groups is 1. The van der Waals surface area contributed by atoms with Crippen molar-refractivity contribution in [3.05, 3.63) is 24.3 Å². The summed E-state index contributed by atoms with van der Waals surface area (Å²) in [6, 6.07) is 2.08. The molecule has 0 radical (unpaired) electrons. The number of rotatable bonds is 6. The van der Waals surface area contributed by atoms with E-state index in [4.69, 9.17) is 10.4 Å². The van der Waals surface area contributed by atoms with Gasteiger partial charge in [0.1, 0.15) is 0 Å². The second-order valence-corrected chi connectivity index (χ2v) is 2.60. The lowest BCUT2D eigenvalue weighted by Crippen LogP contribution is -1.79. The van der Waals surface area contributed by atoms with E-state index in [-0.39, 0.29) is 6.61 Å². The Bertz CT molecular complexity index is 189. The summed E-state index contributed by atoms with van der Waals surface area (Å²) in [6.45, 7) is 4.02. The molecular weight excluding hydrogens is 150 g/mol. The van der Waals surface area contributed by atoms with Crippen LogP contribution in [0.1, 0.15) is 25.7 Å². The van der Waals surface area contributed by atoms with Gasteiger partial charge in [0.25, 0.3) is 0 Å². The molecule has 12 heavy (non-hydrogen) atoms. The summed E-state index contributed by atoms with van der Waals surface area (Å²) < 4.78 is 0. The van der Waals surface area contributed by atoms with Gasteiger partial charge in [-0.3, -0.25) is 0 Å². The number of nitriles is 1. The third-order valence-electron chi connectivity index (χ3n) is 1.46. The van der Waals surface area contributed by atoms with E-state index in [2.05, 4.69) is 12.6 Å². The molecule has 0 aromatic rings. The molecule has 0 aromatic heterocycles. The second-order valence-electron chi connectivity index (χ2n) is 2.60. The van der Waals surface area contributed by atoms with Crippen molar-refractivity contribution in [3.8, 4) is 6.07 Å². The minimum Gasteiger partial charge on any atom is -0.396 e. The van der Waals surface area contributed by atoms with Gasteiger partial charge in [-0.2, -0.15) is 5.26 Å². The summed E-state index contributed by atoms with van der Waals surface area (Å²) in [4.78, 5) is 0. The summed E-state index contributed by atoms with van der Waals surface area (Å²) in [6.07, 6.45) is 6.76. The van der Waals surface area contributed by atoms with Gasteiger partial charge >= 0.3 is 0 Å². The van der Waals surface area contributed by atoms with Gasteiger partial charge in [0, 0.05) is 13.0 Å². The predicted molar refractivity (Wildman–Crippen MR) is 49.4 cm³/mol. The van der Waals surface area contributed by atoms with Gasteiger partial charge in [0.05, 0.1) is 6.07 Å². The van der Waals surface area contributed by atoms with Crippen molar-refractivity contribution in [3.63, 3.8) is 0 Å². The summed E-state index contributed by atoms with van der Waals surface area (Å²) in [5.74, 6) is 0. The summed E-state index contributed by atoms with van der Waals surface area (Å²) in [5.41, 5.74) is 1.07. The molecule has 0 aliphatic heterocycles. The van der Waals surface area contributed by atoms with E-state index in [0.717, 1.165) is 18.4 Å². The molecule has 0 bridgehead atoms. The molecule has 0 saturated carbocycles. The zero-order valence-electron chi connectivity index (χ0n) is 7.29. The van der Waals surface area contributed by atoms with Crippen LogP contribution in [0.4, 0.5) is 0 Å². The van der Waals surface area contributed by atoms with Crippen molar-refractivity contribution in [2.75, 3.05) is 6.61 Å². The van der Waals surface area contributed by atoms with Crippen molar-refractivity contribution in [1.82, 2.24) is 0 Å². The Morgan fingerprint density at radius 3 is 2.83 bits per heavy atom. The first kappa shape index (κ1) is 10.9. The quantitative estimate of drug-likeness (QED) is 0.613. The van der Waals surface area contributed by atoms with Crippen LogP contribution in [0, 0.1) is 11.3 Å². The second kappa shape index (κ2) is 8.03. The van der Waals surface area contributed by atoms with Crippen molar-refractivity contribution >= 4 is 0 Å². The first-order chi connectivity index (χ1) is 5.81. The van der Waals surface area contributed by atoms with Crippen LogP contribution < -0.4 is 0 Å². The highest BCUT2D eigenvalue weighted by Gasteiger charge is 1.89. The van der Waals surface area contributed by atoms with E-state index >= 15 is 0 Å². The Labute approximate surface area is 73.8 Å². The molecule has 1 N–H and O–H groups in total. The van der Waals surface area contributed by atoms with Gasteiger partial charge < -0.3 is 5.11 Å². The fourth-order valence-electron chi connectivity index (χ4n) is 0.777. The molecule has 0 atom stereocenters. The maximum Gasteiger partial charge on any atom is 0.0625 e. The van der Waals surface area contributed by atoms with Gasteiger partial charge in [0.2, 0.25) is 0 Å². The largest absolute Gasteiger partial charge is 0.396 e. The molecular formula is C10H15NO. The minimum absolute atomic E-state index is 0.196. The zero-order chi connectivity index (χ0) is 9.23. The van der Waals surface area contributed by atoms with Crippen molar-refractivity contribution in [1.29, 1.82) is 5.26 Å². The average molecular weight is 165 g/mol. The molecule has 0 unspecified atom stereocenters. The number of nitrogens with zero attached hydrogens (tertiary/aromatic N) is 1. The van der Waals surface area contributed by atoms with Gasteiger partial charge in [-0.05, 0) is 19.3 Å². The van der Waals surface area contributed by atoms with E-state index in [1.54, 1.807) is 0 Å². The standard InChI is InChI=1S/C10H15NO/c1-10(7-5-8-11)6-3-2-4-9-12/h2-3,12H,1,4-7,9H2/b3-2+. The zero-order valence-corrected chi connectivity index (χ0v) is 7.29. The van der Waals surface area contributed by atoms with Crippen LogP contribution in [0.25, 0.3) is 0 Å². The third kappa shape index (κ3) is 7.04. The number of hydrogen-bond donors (Lipinski definition) is 1. The molecule has 0 aromatic carbocycles. The lowest BCUT2D eigenvalue weighted by Gasteiger charge is -1.96. The van der Waals surface area contributed by atoms with Gasteiger partial charge in [-0.1, -0.05) is 24.3 Å². The maximum atomic E-state index is 8.46. The van der Waals surface area contributed by atoms with Crippen LogP contribution >= 0.6 is 0 Å². The highest BCUT2D eigenvalue weighted by molar-refractivity contribution is 5.03. The molecule has 0 saturated heterocycles.